The number of hydrogen-bond acceptors (Lipinski definition) is 2. The van der Waals surface area contributed by atoms with E-state index < -0.39 is 0 Å². The number of nitro benzene ring substituents is 1. The lowest BCUT2D eigenvalue weighted by atomic mass is 9.86. The first-order chi connectivity index (χ1) is 8.66. The third kappa shape index (κ3) is 1.73. The van der Waals surface area contributed by atoms with E-state index in [-0.39, 0.29) is 10.6 Å². The zero-order valence-electron chi connectivity index (χ0n) is 9.52. The zero-order chi connectivity index (χ0) is 12.7. The van der Waals surface area contributed by atoms with Gasteiger partial charge in [-0.15, -0.1) is 0 Å². The minimum absolute atomic E-state index is 0.146. The first-order valence-corrected chi connectivity index (χ1v) is 6.47. The van der Waals surface area contributed by atoms with Crippen molar-refractivity contribution in [3.05, 3.63) is 73.2 Å². The van der Waals surface area contributed by atoms with Crippen molar-refractivity contribution in [2.24, 2.45) is 0 Å². The average Bonchev–Trinajstić information content (AvgIpc) is 2.37. The highest BCUT2D eigenvalue weighted by Gasteiger charge is 2.22. The summed E-state index contributed by atoms with van der Waals surface area (Å²) in [5.74, 6) is 0. The van der Waals surface area contributed by atoms with Crippen LogP contribution in [0.25, 0.3) is 0 Å². The number of nitrogens with zero attached hydrogens (tertiary/aromatic N) is 1. The SMILES string of the molecule is O=[N+]([O-])c1ccc2c(c1Br)Cc1ccccc1C2. The van der Waals surface area contributed by atoms with Gasteiger partial charge in [0.1, 0.15) is 0 Å². The van der Waals surface area contributed by atoms with E-state index in [4.69, 9.17) is 0 Å². The normalized spacial score (nSPS) is 12.7. The minimum Gasteiger partial charge on any atom is -0.258 e. The van der Waals surface area contributed by atoms with E-state index in [9.17, 15) is 10.1 Å². The first kappa shape index (κ1) is 11.4. The van der Waals surface area contributed by atoms with Gasteiger partial charge in [-0.05, 0) is 51.0 Å². The summed E-state index contributed by atoms with van der Waals surface area (Å²) in [4.78, 5) is 10.6. The van der Waals surface area contributed by atoms with Crippen LogP contribution in [0.4, 0.5) is 5.69 Å². The molecule has 3 rings (SSSR count). The van der Waals surface area contributed by atoms with Crippen molar-refractivity contribution >= 4 is 21.6 Å². The highest BCUT2D eigenvalue weighted by molar-refractivity contribution is 9.10. The van der Waals surface area contributed by atoms with Crippen molar-refractivity contribution < 1.29 is 4.92 Å². The quantitative estimate of drug-likeness (QED) is 0.506. The molecule has 0 atom stereocenters. The van der Waals surface area contributed by atoms with Gasteiger partial charge in [0, 0.05) is 6.07 Å². The average molecular weight is 304 g/mol. The molecule has 0 bridgehead atoms. The monoisotopic (exact) mass is 303 g/mol. The Kier molecular flexibility index (Phi) is 2.67. The third-order valence-corrected chi connectivity index (χ3v) is 4.27. The maximum Gasteiger partial charge on any atom is 0.283 e. The van der Waals surface area contributed by atoms with Crippen LogP contribution >= 0.6 is 15.9 Å². The molecule has 3 nitrogen and oxygen atoms in total. The second-order valence-corrected chi connectivity index (χ2v) is 5.21. The molecule has 0 saturated heterocycles. The number of halogens is 1. The molecular weight excluding hydrogens is 294 g/mol. The largest absolute Gasteiger partial charge is 0.283 e. The second kappa shape index (κ2) is 4.21. The van der Waals surface area contributed by atoms with E-state index in [0.29, 0.717) is 4.47 Å². The van der Waals surface area contributed by atoms with Gasteiger partial charge >= 0.3 is 0 Å². The molecule has 0 spiro atoms. The summed E-state index contributed by atoms with van der Waals surface area (Å²) in [5, 5.41) is 10.9. The van der Waals surface area contributed by atoms with Crippen LogP contribution < -0.4 is 0 Å². The summed E-state index contributed by atoms with van der Waals surface area (Å²) in [6.07, 6.45) is 1.61. The smallest absolute Gasteiger partial charge is 0.258 e. The molecular formula is C14H10BrNO2. The molecule has 18 heavy (non-hydrogen) atoms. The van der Waals surface area contributed by atoms with Gasteiger partial charge in [0.25, 0.3) is 5.69 Å². The summed E-state index contributed by atoms with van der Waals surface area (Å²) in [7, 11) is 0. The van der Waals surface area contributed by atoms with Gasteiger partial charge in [0.05, 0.1) is 9.40 Å². The molecule has 0 unspecified atom stereocenters. The molecule has 2 aromatic rings. The topological polar surface area (TPSA) is 43.1 Å². The number of nitro groups is 1. The Bertz CT molecular complexity index is 652. The molecule has 0 aliphatic heterocycles. The Morgan fingerprint density at radius 3 is 2.33 bits per heavy atom. The molecule has 0 heterocycles. The predicted octanol–water partition coefficient (Wildman–Crippen LogP) is 3.85. The van der Waals surface area contributed by atoms with E-state index in [1.54, 1.807) is 6.07 Å². The molecule has 0 aromatic heterocycles. The van der Waals surface area contributed by atoms with Gasteiger partial charge in [0.15, 0.2) is 0 Å². The molecule has 0 fully saturated rings. The van der Waals surface area contributed by atoms with E-state index in [1.807, 2.05) is 18.2 Å². The fraction of sp³-hybridized carbons (Fsp3) is 0.143. The van der Waals surface area contributed by atoms with Gasteiger partial charge < -0.3 is 0 Å². The molecule has 0 amide bonds. The van der Waals surface area contributed by atoms with Crippen molar-refractivity contribution in [2.45, 2.75) is 12.8 Å². The predicted molar refractivity (Wildman–Crippen MR) is 72.9 cm³/mol. The van der Waals surface area contributed by atoms with Crippen molar-refractivity contribution in [3.8, 4) is 0 Å². The highest BCUT2D eigenvalue weighted by atomic mass is 79.9. The number of fused-ring (bicyclic) bond motifs is 2. The Morgan fingerprint density at radius 2 is 1.67 bits per heavy atom. The number of rotatable bonds is 1. The number of hydrogen-bond donors (Lipinski definition) is 0. The van der Waals surface area contributed by atoms with Gasteiger partial charge in [-0.1, -0.05) is 30.3 Å². The Labute approximate surface area is 113 Å². The van der Waals surface area contributed by atoms with Gasteiger partial charge in [0.2, 0.25) is 0 Å². The van der Waals surface area contributed by atoms with Crippen LogP contribution in [-0.4, -0.2) is 4.92 Å². The fourth-order valence-electron chi connectivity index (χ4n) is 2.44. The third-order valence-electron chi connectivity index (χ3n) is 3.38. The zero-order valence-corrected chi connectivity index (χ0v) is 11.1. The first-order valence-electron chi connectivity index (χ1n) is 5.68. The van der Waals surface area contributed by atoms with Crippen LogP contribution in [0, 0.1) is 10.1 Å². The lowest BCUT2D eigenvalue weighted by Gasteiger charge is -2.20. The van der Waals surface area contributed by atoms with Crippen LogP contribution in [0.3, 0.4) is 0 Å². The van der Waals surface area contributed by atoms with Crippen LogP contribution in [0.1, 0.15) is 22.3 Å². The summed E-state index contributed by atoms with van der Waals surface area (Å²) >= 11 is 3.38. The van der Waals surface area contributed by atoms with Crippen molar-refractivity contribution in [2.75, 3.05) is 0 Å². The molecule has 90 valence electrons. The molecule has 0 saturated carbocycles. The lowest BCUT2D eigenvalue weighted by Crippen LogP contribution is -2.08. The van der Waals surface area contributed by atoms with Gasteiger partial charge in [-0.25, -0.2) is 0 Å². The molecule has 4 heteroatoms. The van der Waals surface area contributed by atoms with Crippen LogP contribution in [-0.2, 0) is 12.8 Å². The summed E-state index contributed by atoms with van der Waals surface area (Å²) in [6, 6.07) is 11.7. The number of benzene rings is 2. The van der Waals surface area contributed by atoms with Crippen molar-refractivity contribution in [3.63, 3.8) is 0 Å². The maximum atomic E-state index is 10.9. The summed E-state index contributed by atoms with van der Waals surface area (Å²) < 4.78 is 0.625. The van der Waals surface area contributed by atoms with E-state index in [1.165, 1.54) is 16.7 Å². The fourth-order valence-corrected chi connectivity index (χ4v) is 3.12. The van der Waals surface area contributed by atoms with E-state index in [0.717, 1.165) is 18.4 Å². The van der Waals surface area contributed by atoms with Crippen molar-refractivity contribution in [1.82, 2.24) is 0 Å². The standard InChI is InChI=1S/C14H10BrNO2/c15-14-12-8-10-4-2-1-3-9(10)7-11(12)5-6-13(14)16(17)18/h1-6H,7-8H2. The summed E-state index contributed by atoms with van der Waals surface area (Å²) in [6.45, 7) is 0. The Balaban J connectivity index is 2.14. The molecule has 0 radical (unpaired) electrons. The van der Waals surface area contributed by atoms with E-state index in [2.05, 4.69) is 28.1 Å². The van der Waals surface area contributed by atoms with Crippen LogP contribution in [0.5, 0.6) is 0 Å². The van der Waals surface area contributed by atoms with E-state index >= 15 is 0 Å². The highest BCUT2D eigenvalue weighted by Crippen LogP contribution is 2.36. The Hall–Kier alpha value is -1.68. The van der Waals surface area contributed by atoms with Gasteiger partial charge in [-0.2, -0.15) is 0 Å². The maximum absolute atomic E-state index is 10.9. The molecule has 0 N–H and O–H groups in total. The molecule has 2 aromatic carbocycles. The molecule has 1 aliphatic rings. The minimum atomic E-state index is -0.342. The Morgan fingerprint density at radius 1 is 1.00 bits per heavy atom. The molecule has 1 aliphatic carbocycles. The van der Waals surface area contributed by atoms with Gasteiger partial charge in [-0.3, -0.25) is 10.1 Å². The second-order valence-electron chi connectivity index (χ2n) is 4.42. The van der Waals surface area contributed by atoms with Crippen LogP contribution in [0.2, 0.25) is 0 Å². The van der Waals surface area contributed by atoms with Crippen molar-refractivity contribution in [1.29, 1.82) is 0 Å². The lowest BCUT2D eigenvalue weighted by molar-refractivity contribution is -0.385. The van der Waals surface area contributed by atoms with Crippen LogP contribution in [0.15, 0.2) is 40.9 Å². The summed E-state index contributed by atoms with van der Waals surface area (Å²) in [5.41, 5.74) is 4.93.